The van der Waals surface area contributed by atoms with Gasteiger partial charge in [-0.1, -0.05) is 17.7 Å². The minimum Gasteiger partial charge on any atom is -0.493 e. The number of rotatable bonds is 6. The molecule has 2 aromatic carbocycles. The molecule has 0 saturated carbocycles. The summed E-state index contributed by atoms with van der Waals surface area (Å²) in [6.07, 6.45) is 2.87. The van der Waals surface area contributed by atoms with E-state index in [1.165, 1.54) is 25.3 Å². The Balaban J connectivity index is 2.22. The SMILES string of the molecule is COc1cc(/C=C/C(=O)NN)cc(Br)c1OCc1ccc(F)cc1Cl. The number of hydrogen-bond donors (Lipinski definition) is 2. The predicted octanol–water partition coefficient (Wildman–Crippen LogP) is 3.83. The first-order valence-corrected chi connectivity index (χ1v) is 8.24. The van der Waals surface area contributed by atoms with Crippen molar-refractivity contribution < 1.29 is 18.7 Å². The van der Waals surface area contributed by atoms with E-state index >= 15 is 0 Å². The highest BCUT2D eigenvalue weighted by Crippen LogP contribution is 2.37. The molecule has 0 fully saturated rings. The van der Waals surface area contributed by atoms with Gasteiger partial charge in [-0.2, -0.15) is 0 Å². The summed E-state index contributed by atoms with van der Waals surface area (Å²) >= 11 is 9.41. The third-order valence-electron chi connectivity index (χ3n) is 3.21. The summed E-state index contributed by atoms with van der Waals surface area (Å²) in [6, 6.07) is 7.55. The number of methoxy groups -OCH3 is 1. The zero-order chi connectivity index (χ0) is 18.4. The molecule has 0 saturated heterocycles. The fraction of sp³-hybridized carbons (Fsp3) is 0.118. The number of carbonyl (C=O) groups is 1. The Bertz CT molecular complexity index is 815. The Morgan fingerprint density at radius 1 is 1.40 bits per heavy atom. The highest BCUT2D eigenvalue weighted by molar-refractivity contribution is 9.10. The topological polar surface area (TPSA) is 73.6 Å². The minimum absolute atomic E-state index is 0.138. The molecule has 0 bridgehead atoms. The van der Waals surface area contributed by atoms with E-state index in [2.05, 4.69) is 15.9 Å². The normalized spacial score (nSPS) is 10.8. The van der Waals surface area contributed by atoms with E-state index in [1.807, 2.05) is 5.43 Å². The van der Waals surface area contributed by atoms with Crippen LogP contribution in [0.3, 0.4) is 0 Å². The van der Waals surface area contributed by atoms with Gasteiger partial charge >= 0.3 is 0 Å². The predicted molar refractivity (Wildman–Crippen MR) is 97.8 cm³/mol. The van der Waals surface area contributed by atoms with E-state index < -0.39 is 11.7 Å². The van der Waals surface area contributed by atoms with Crippen LogP contribution in [0.15, 0.2) is 40.9 Å². The van der Waals surface area contributed by atoms with E-state index in [9.17, 15) is 9.18 Å². The van der Waals surface area contributed by atoms with Crippen molar-refractivity contribution in [1.82, 2.24) is 5.43 Å². The summed E-state index contributed by atoms with van der Waals surface area (Å²) in [5.74, 6) is 5.10. The lowest BCUT2D eigenvalue weighted by molar-refractivity contribution is -0.116. The molecule has 132 valence electrons. The molecular formula is C17H15BrClFN2O3. The second-order valence-electron chi connectivity index (χ2n) is 4.90. The number of nitrogens with one attached hydrogen (secondary N) is 1. The van der Waals surface area contributed by atoms with Gasteiger partial charge in [0.2, 0.25) is 0 Å². The summed E-state index contributed by atoms with van der Waals surface area (Å²) in [4.78, 5) is 11.2. The van der Waals surface area contributed by atoms with Crippen LogP contribution in [0.1, 0.15) is 11.1 Å². The maximum atomic E-state index is 13.1. The van der Waals surface area contributed by atoms with Gasteiger partial charge in [0, 0.05) is 11.6 Å². The molecule has 8 heteroatoms. The average molecular weight is 430 g/mol. The Hall–Kier alpha value is -2.09. The highest BCUT2D eigenvalue weighted by Gasteiger charge is 2.12. The molecule has 0 aliphatic carbocycles. The van der Waals surface area contributed by atoms with Crippen molar-refractivity contribution in [2.45, 2.75) is 6.61 Å². The van der Waals surface area contributed by atoms with Gasteiger partial charge in [0.25, 0.3) is 5.91 Å². The first kappa shape index (κ1) is 19.2. The van der Waals surface area contributed by atoms with E-state index in [0.29, 0.717) is 27.1 Å². The Kier molecular flexibility index (Phi) is 6.81. The summed E-state index contributed by atoms with van der Waals surface area (Å²) < 4.78 is 24.8. The van der Waals surface area contributed by atoms with Crippen molar-refractivity contribution in [2.75, 3.05) is 7.11 Å². The molecule has 0 spiro atoms. The Labute approximate surface area is 157 Å². The fourth-order valence-electron chi connectivity index (χ4n) is 1.98. The van der Waals surface area contributed by atoms with Gasteiger partial charge in [-0.25, -0.2) is 10.2 Å². The maximum Gasteiger partial charge on any atom is 0.257 e. The highest BCUT2D eigenvalue weighted by atomic mass is 79.9. The quantitative estimate of drug-likeness (QED) is 0.317. The van der Waals surface area contributed by atoms with Gasteiger partial charge in [-0.05, 0) is 51.8 Å². The monoisotopic (exact) mass is 428 g/mol. The summed E-state index contributed by atoms with van der Waals surface area (Å²) in [5, 5.41) is 0.280. The lowest BCUT2D eigenvalue weighted by Gasteiger charge is -2.14. The van der Waals surface area contributed by atoms with Gasteiger partial charge in [-0.3, -0.25) is 10.2 Å². The lowest BCUT2D eigenvalue weighted by atomic mass is 10.2. The fourth-order valence-corrected chi connectivity index (χ4v) is 2.78. The molecule has 1 amide bonds. The minimum atomic E-state index is -0.429. The van der Waals surface area contributed by atoms with Crippen molar-refractivity contribution >= 4 is 39.5 Å². The van der Waals surface area contributed by atoms with Crippen LogP contribution in [0.4, 0.5) is 4.39 Å². The third kappa shape index (κ3) is 5.19. The van der Waals surface area contributed by atoms with Crippen molar-refractivity contribution in [2.24, 2.45) is 5.84 Å². The molecule has 0 aliphatic rings. The van der Waals surface area contributed by atoms with E-state index in [0.717, 1.165) is 0 Å². The third-order valence-corrected chi connectivity index (χ3v) is 4.15. The second-order valence-corrected chi connectivity index (χ2v) is 6.16. The molecule has 25 heavy (non-hydrogen) atoms. The smallest absolute Gasteiger partial charge is 0.257 e. The van der Waals surface area contributed by atoms with Gasteiger partial charge in [0.15, 0.2) is 11.5 Å². The van der Waals surface area contributed by atoms with Crippen LogP contribution in [0.5, 0.6) is 11.5 Å². The van der Waals surface area contributed by atoms with Crippen LogP contribution < -0.4 is 20.7 Å². The van der Waals surface area contributed by atoms with Crippen LogP contribution >= 0.6 is 27.5 Å². The van der Waals surface area contributed by atoms with Crippen molar-refractivity contribution in [3.8, 4) is 11.5 Å². The van der Waals surface area contributed by atoms with Crippen LogP contribution in [0.25, 0.3) is 6.08 Å². The molecule has 5 nitrogen and oxygen atoms in total. The molecule has 2 rings (SSSR count). The zero-order valence-corrected chi connectivity index (χ0v) is 15.5. The van der Waals surface area contributed by atoms with Crippen molar-refractivity contribution in [3.05, 3.63) is 62.8 Å². The largest absolute Gasteiger partial charge is 0.493 e. The van der Waals surface area contributed by atoms with Gasteiger partial charge in [0.05, 0.1) is 16.6 Å². The lowest BCUT2D eigenvalue weighted by Crippen LogP contribution is -2.27. The molecule has 0 unspecified atom stereocenters. The van der Waals surface area contributed by atoms with Gasteiger partial charge in [-0.15, -0.1) is 0 Å². The average Bonchev–Trinajstić information content (AvgIpc) is 2.59. The summed E-state index contributed by atoms with van der Waals surface area (Å²) in [7, 11) is 1.50. The molecule has 0 aromatic heterocycles. The molecule has 0 atom stereocenters. The van der Waals surface area contributed by atoms with Crippen molar-refractivity contribution in [1.29, 1.82) is 0 Å². The van der Waals surface area contributed by atoms with Crippen LogP contribution in [0.2, 0.25) is 5.02 Å². The number of hydrazine groups is 1. The van der Waals surface area contributed by atoms with Crippen LogP contribution in [0, 0.1) is 5.82 Å². The van der Waals surface area contributed by atoms with Crippen molar-refractivity contribution in [3.63, 3.8) is 0 Å². The van der Waals surface area contributed by atoms with E-state index in [1.54, 1.807) is 24.3 Å². The summed E-state index contributed by atoms with van der Waals surface area (Å²) in [6.45, 7) is 0.138. The molecule has 2 aromatic rings. The maximum absolute atomic E-state index is 13.1. The first-order chi connectivity index (χ1) is 11.9. The van der Waals surface area contributed by atoms with E-state index in [4.69, 9.17) is 26.9 Å². The zero-order valence-electron chi connectivity index (χ0n) is 13.2. The molecule has 3 N–H and O–H groups in total. The standard InChI is InChI=1S/C17H15BrClFN2O3/c1-24-15-7-10(2-5-16(23)22-21)6-13(18)17(15)25-9-11-3-4-12(20)8-14(11)19/h2-8H,9,21H2,1H3,(H,22,23)/b5-2+. The van der Waals surface area contributed by atoms with E-state index in [-0.39, 0.29) is 11.6 Å². The first-order valence-electron chi connectivity index (χ1n) is 7.07. The molecular weight excluding hydrogens is 415 g/mol. The number of ether oxygens (including phenoxy) is 2. The number of nitrogens with two attached hydrogens (primary N) is 1. The van der Waals surface area contributed by atoms with Crippen LogP contribution in [-0.4, -0.2) is 13.0 Å². The molecule has 0 heterocycles. The Morgan fingerprint density at radius 3 is 2.80 bits per heavy atom. The van der Waals surface area contributed by atoms with Gasteiger partial charge in [0.1, 0.15) is 12.4 Å². The van der Waals surface area contributed by atoms with Gasteiger partial charge < -0.3 is 9.47 Å². The number of benzene rings is 2. The molecule has 0 radical (unpaired) electrons. The Morgan fingerprint density at radius 2 is 2.16 bits per heavy atom. The number of amides is 1. The number of hydrogen-bond acceptors (Lipinski definition) is 4. The summed E-state index contributed by atoms with van der Waals surface area (Å²) in [5.41, 5.74) is 3.35. The number of halogens is 3. The second kappa shape index (κ2) is 8.84. The number of carbonyl (C=O) groups excluding carboxylic acids is 1. The van der Waals surface area contributed by atoms with Crippen LogP contribution in [-0.2, 0) is 11.4 Å². The molecule has 0 aliphatic heterocycles.